The maximum absolute atomic E-state index is 13.7. The van der Waals surface area contributed by atoms with Crippen molar-refractivity contribution in [3.63, 3.8) is 0 Å². The maximum atomic E-state index is 13.7. The van der Waals surface area contributed by atoms with E-state index in [4.69, 9.17) is 28.6 Å². The van der Waals surface area contributed by atoms with Gasteiger partial charge in [0.25, 0.3) is 0 Å². The SMILES string of the molecule is CCOC(=O)c1ccc(NC(=S)NCCSCc2c(F)cccc2Cl)c(C)c1. The van der Waals surface area contributed by atoms with E-state index in [1.165, 1.54) is 6.07 Å². The fraction of sp³-hybridized carbons (Fsp3) is 0.300. The van der Waals surface area contributed by atoms with Gasteiger partial charge in [0.1, 0.15) is 5.82 Å². The molecule has 0 saturated carbocycles. The van der Waals surface area contributed by atoms with Crippen molar-refractivity contribution >= 4 is 52.3 Å². The van der Waals surface area contributed by atoms with Crippen molar-refractivity contribution in [1.82, 2.24) is 5.32 Å². The Labute approximate surface area is 179 Å². The molecule has 0 unspecified atom stereocenters. The molecule has 0 atom stereocenters. The molecule has 8 heteroatoms. The van der Waals surface area contributed by atoms with Gasteiger partial charge in [-0.2, -0.15) is 11.8 Å². The predicted molar refractivity (Wildman–Crippen MR) is 119 cm³/mol. The molecule has 0 aromatic heterocycles. The van der Waals surface area contributed by atoms with Crippen LogP contribution in [-0.4, -0.2) is 30.0 Å². The van der Waals surface area contributed by atoms with Gasteiger partial charge in [-0.25, -0.2) is 9.18 Å². The first kappa shape index (κ1) is 22.5. The summed E-state index contributed by atoms with van der Waals surface area (Å²) >= 11 is 12.9. The third-order valence-electron chi connectivity index (χ3n) is 3.83. The summed E-state index contributed by atoms with van der Waals surface area (Å²) in [6.07, 6.45) is 0. The molecule has 28 heavy (non-hydrogen) atoms. The number of nitrogens with one attached hydrogen (secondary N) is 2. The van der Waals surface area contributed by atoms with Crippen LogP contribution in [0.4, 0.5) is 10.1 Å². The van der Waals surface area contributed by atoms with E-state index < -0.39 is 0 Å². The molecular weight excluding hydrogens is 419 g/mol. The molecule has 0 aliphatic carbocycles. The van der Waals surface area contributed by atoms with Crippen LogP contribution in [-0.2, 0) is 10.5 Å². The molecule has 2 aromatic rings. The van der Waals surface area contributed by atoms with Crippen molar-refractivity contribution in [3.8, 4) is 0 Å². The molecule has 2 aromatic carbocycles. The van der Waals surface area contributed by atoms with Gasteiger partial charge in [0.2, 0.25) is 0 Å². The highest BCUT2D eigenvalue weighted by atomic mass is 35.5. The van der Waals surface area contributed by atoms with Gasteiger partial charge in [-0.1, -0.05) is 17.7 Å². The fourth-order valence-electron chi connectivity index (χ4n) is 2.39. The molecule has 0 saturated heterocycles. The van der Waals surface area contributed by atoms with E-state index in [0.29, 0.717) is 40.2 Å². The zero-order valence-electron chi connectivity index (χ0n) is 15.7. The number of esters is 1. The van der Waals surface area contributed by atoms with Crippen LogP contribution in [0, 0.1) is 12.7 Å². The molecule has 150 valence electrons. The largest absolute Gasteiger partial charge is 0.462 e. The molecule has 0 bridgehead atoms. The summed E-state index contributed by atoms with van der Waals surface area (Å²) < 4.78 is 18.7. The zero-order chi connectivity index (χ0) is 20.5. The van der Waals surface area contributed by atoms with Crippen LogP contribution in [0.3, 0.4) is 0 Å². The first-order valence-electron chi connectivity index (χ1n) is 8.75. The summed E-state index contributed by atoms with van der Waals surface area (Å²) in [5.41, 5.74) is 2.73. The highest BCUT2D eigenvalue weighted by Gasteiger charge is 2.09. The van der Waals surface area contributed by atoms with Crippen molar-refractivity contribution in [2.24, 2.45) is 0 Å². The van der Waals surface area contributed by atoms with Gasteiger partial charge in [0, 0.05) is 34.3 Å². The van der Waals surface area contributed by atoms with E-state index in [1.807, 2.05) is 6.92 Å². The van der Waals surface area contributed by atoms with E-state index in [-0.39, 0.29) is 11.8 Å². The number of hydrogen-bond acceptors (Lipinski definition) is 4. The molecule has 4 nitrogen and oxygen atoms in total. The van der Waals surface area contributed by atoms with Crippen molar-refractivity contribution in [2.75, 3.05) is 24.2 Å². The second kappa shape index (κ2) is 11.2. The first-order valence-corrected chi connectivity index (χ1v) is 10.7. The highest BCUT2D eigenvalue weighted by Crippen LogP contribution is 2.23. The molecular formula is C20H22ClFN2O2S2. The summed E-state index contributed by atoms with van der Waals surface area (Å²) in [7, 11) is 0. The Kier molecular flexibility index (Phi) is 9.02. The normalized spacial score (nSPS) is 10.4. The Balaban J connectivity index is 1.76. The summed E-state index contributed by atoms with van der Waals surface area (Å²) in [4.78, 5) is 11.8. The average Bonchev–Trinajstić information content (AvgIpc) is 2.65. The number of carbonyl (C=O) groups excluding carboxylic acids is 1. The summed E-state index contributed by atoms with van der Waals surface area (Å²) in [6, 6.07) is 9.95. The Bertz CT molecular complexity index is 829. The Morgan fingerprint density at radius 2 is 2.11 bits per heavy atom. The minimum Gasteiger partial charge on any atom is -0.462 e. The van der Waals surface area contributed by atoms with Crippen LogP contribution in [0.25, 0.3) is 0 Å². The monoisotopic (exact) mass is 440 g/mol. The molecule has 2 N–H and O–H groups in total. The van der Waals surface area contributed by atoms with Crippen LogP contribution in [0.5, 0.6) is 0 Å². The number of thioether (sulfide) groups is 1. The Morgan fingerprint density at radius 1 is 1.32 bits per heavy atom. The van der Waals surface area contributed by atoms with E-state index in [1.54, 1.807) is 49.0 Å². The van der Waals surface area contributed by atoms with Gasteiger partial charge in [0.15, 0.2) is 5.11 Å². The van der Waals surface area contributed by atoms with Gasteiger partial charge in [0.05, 0.1) is 12.2 Å². The highest BCUT2D eigenvalue weighted by molar-refractivity contribution is 7.98. The number of benzene rings is 2. The second-order valence-electron chi connectivity index (χ2n) is 5.88. The van der Waals surface area contributed by atoms with Crippen molar-refractivity contribution in [3.05, 3.63) is 63.9 Å². The Morgan fingerprint density at radius 3 is 2.79 bits per heavy atom. The van der Waals surface area contributed by atoms with Gasteiger partial charge in [-0.3, -0.25) is 0 Å². The second-order valence-corrected chi connectivity index (χ2v) is 7.80. The fourth-order valence-corrected chi connectivity index (χ4v) is 3.80. The minimum atomic E-state index is -0.343. The van der Waals surface area contributed by atoms with E-state index in [0.717, 1.165) is 17.0 Å². The number of anilines is 1. The van der Waals surface area contributed by atoms with Gasteiger partial charge < -0.3 is 15.4 Å². The van der Waals surface area contributed by atoms with Crippen LogP contribution in [0.1, 0.15) is 28.4 Å². The number of carbonyl (C=O) groups is 1. The molecule has 2 rings (SSSR count). The number of halogens is 2. The summed E-state index contributed by atoms with van der Waals surface area (Å²) in [5, 5.41) is 7.15. The van der Waals surface area contributed by atoms with Gasteiger partial charge in [-0.15, -0.1) is 0 Å². The third kappa shape index (κ3) is 6.65. The smallest absolute Gasteiger partial charge is 0.338 e. The third-order valence-corrected chi connectivity index (χ3v) is 5.41. The average molecular weight is 441 g/mol. The number of hydrogen-bond donors (Lipinski definition) is 2. The molecule has 0 fully saturated rings. The van der Waals surface area contributed by atoms with Crippen LogP contribution in [0.15, 0.2) is 36.4 Å². The van der Waals surface area contributed by atoms with Gasteiger partial charge in [-0.05, 0) is 62.0 Å². The Hall–Kier alpha value is -1.83. The van der Waals surface area contributed by atoms with E-state index >= 15 is 0 Å². The van der Waals surface area contributed by atoms with E-state index in [2.05, 4.69) is 10.6 Å². The predicted octanol–water partition coefficient (Wildman–Crippen LogP) is 5.18. The lowest BCUT2D eigenvalue weighted by Gasteiger charge is -2.13. The first-order chi connectivity index (χ1) is 13.4. The number of rotatable bonds is 8. The van der Waals surface area contributed by atoms with Crippen molar-refractivity contribution < 1.29 is 13.9 Å². The standard InChI is InChI=1S/C20H22ClFN2O2S2/c1-3-26-19(25)14-7-8-18(13(2)11-14)24-20(27)23-9-10-28-12-15-16(21)5-4-6-17(15)22/h4-8,11H,3,9-10,12H2,1-2H3,(H2,23,24,27). The van der Waals surface area contributed by atoms with Crippen LogP contribution < -0.4 is 10.6 Å². The lowest BCUT2D eigenvalue weighted by molar-refractivity contribution is 0.0526. The lowest BCUT2D eigenvalue weighted by Crippen LogP contribution is -2.30. The van der Waals surface area contributed by atoms with Gasteiger partial charge >= 0.3 is 5.97 Å². The molecule has 0 heterocycles. The number of aryl methyl sites for hydroxylation is 1. The van der Waals surface area contributed by atoms with E-state index in [9.17, 15) is 9.18 Å². The number of thiocarbonyl (C=S) groups is 1. The molecule has 0 aliphatic rings. The zero-order valence-corrected chi connectivity index (χ0v) is 18.1. The van der Waals surface area contributed by atoms with Crippen molar-refractivity contribution in [2.45, 2.75) is 19.6 Å². The topological polar surface area (TPSA) is 50.4 Å². The summed E-state index contributed by atoms with van der Waals surface area (Å²) in [5.74, 6) is 0.617. The molecule has 0 spiro atoms. The molecule has 0 amide bonds. The minimum absolute atomic E-state index is 0.285. The quantitative estimate of drug-likeness (QED) is 0.335. The number of ether oxygens (including phenoxy) is 1. The lowest BCUT2D eigenvalue weighted by atomic mass is 10.1. The molecule has 0 radical (unpaired) electrons. The van der Waals surface area contributed by atoms with Crippen LogP contribution >= 0.6 is 35.6 Å². The molecule has 0 aliphatic heterocycles. The van der Waals surface area contributed by atoms with Crippen molar-refractivity contribution in [1.29, 1.82) is 0 Å². The maximum Gasteiger partial charge on any atom is 0.338 e. The summed E-state index contributed by atoms with van der Waals surface area (Å²) in [6.45, 7) is 4.63. The van der Waals surface area contributed by atoms with Crippen LogP contribution in [0.2, 0.25) is 5.02 Å².